The Morgan fingerprint density at radius 3 is 2.28 bits per heavy atom. The van der Waals surface area contributed by atoms with Crippen molar-refractivity contribution < 1.29 is 15.3 Å². The van der Waals surface area contributed by atoms with E-state index in [1.165, 1.54) is 22.2 Å². The number of benzene rings is 2. The smallest absolute Gasteiger partial charge is 0.340 e. The number of rotatable bonds is 3. The summed E-state index contributed by atoms with van der Waals surface area (Å²) >= 11 is 0. The first kappa shape index (κ1) is 22.7. The summed E-state index contributed by atoms with van der Waals surface area (Å²) < 4.78 is 5.28. The fourth-order valence-electron chi connectivity index (χ4n) is 3.47. The summed E-state index contributed by atoms with van der Waals surface area (Å²) in [5.74, 6) is -0.136. The Morgan fingerprint density at radius 2 is 1.69 bits per heavy atom. The highest BCUT2D eigenvalue weighted by atomic mass is 16.5. The number of hydrogen-bond donors (Lipinski definition) is 2. The van der Waals surface area contributed by atoms with E-state index < -0.39 is 0 Å². The van der Waals surface area contributed by atoms with Gasteiger partial charge in [-0.25, -0.2) is 4.79 Å². The van der Waals surface area contributed by atoms with E-state index in [-0.39, 0.29) is 5.91 Å². The first-order valence-corrected chi connectivity index (χ1v) is 10.5. The zero-order valence-electron chi connectivity index (χ0n) is 18.1. The van der Waals surface area contributed by atoms with Crippen LogP contribution < -0.4 is 10.6 Å². The normalized spacial score (nSPS) is 13.2. The van der Waals surface area contributed by atoms with Crippen molar-refractivity contribution in [1.29, 1.82) is 0 Å². The number of para-hydroxylation sites is 1. The molecule has 0 unspecified atom stereocenters. The van der Waals surface area contributed by atoms with Gasteiger partial charge < -0.3 is 14.6 Å². The summed E-state index contributed by atoms with van der Waals surface area (Å²) in [6.07, 6.45) is 1.11. The van der Waals surface area contributed by atoms with Gasteiger partial charge in [0.25, 0.3) is 0 Å². The fraction of sp³-hybridized carbons (Fsp3) is 0.375. The molecular formula is C24H34N3O2+. The van der Waals surface area contributed by atoms with Crippen LogP contribution in [0.1, 0.15) is 42.4 Å². The second-order valence-electron chi connectivity index (χ2n) is 6.70. The third-order valence-electron chi connectivity index (χ3n) is 4.95. The molecule has 1 aliphatic rings. The number of ether oxygens (including phenoxy) is 1. The lowest BCUT2D eigenvalue weighted by atomic mass is 10.1. The number of aromatic amines is 1. The van der Waals surface area contributed by atoms with E-state index in [9.17, 15) is 4.79 Å². The maximum atomic E-state index is 11.0. The number of quaternary nitrogens is 1. The van der Waals surface area contributed by atoms with Gasteiger partial charge in [0.05, 0.1) is 18.8 Å². The van der Waals surface area contributed by atoms with Gasteiger partial charge >= 0.3 is 5.91 Å². The number of anilines is 1. The molecule has 0 atom stereocenters. The molecule has 1 aliphatic heterocycles. The average Bonchev–Trinajstić information content (AvgIpc) is 3.11. The molecule has 1 amide bonds. The number of amides is 1. The fourth-order valence-corrected chi connectivity index (χ4v) is 3.47. The van der Waals surface area contributed by atoms with Gasteiger partial charge in [-0.1, -0.05) is 39.0 Å². The maximum Gasteiger partial charge on any atom is 0.340 e. The van der Waals surface area contributed by atoms with Gasteiger partial charge in [0.15, 0.2) is 0 Å². The Labute approximate surface area is 173 Å². The summed E-state index contributed by atoms with van der Waals surface area (Å²) in [7, 11) is 0. The second-order valence-corrected chi connectivity index (χ2v) is 6.70. The number of carbonyl (C=O) groups excluding carboxylic acids is 1. The number of aromatic nitrogens is 1. The summed E-state index contributed by atoms with van der Waals surface area (Å²) in [6, 6.07) is 16.0. The van der Waals surface area contributed by atoms with E-state index in [4.69, 9.17) is 4.74 Å². The molecule has 0 aliphatic carbocycles. The van der Waals surface area contributed by atoms with Gasteiger partial charge in [-0.05, 0) is 49.2 Å². The first-order chi connectivity index (χ1) is 14.1. The van der Waals surface area contributed by atoms with Crippen LogP contribution in [-0.2, 0) is 11.2 Å². The first-order valence-electron chi connectivity index (χ1n) is 10.5. The zero-order chi connectivity index (χ0) is 21.2. The van der Waals surface area contributed by atoms with Crippen LogP contribution in [0.15, 0.2) is 48.5 Å². The van der Waals surface area contributed by atoms with Crippen molar-refractivity contribution in [3.05, 3.63) is 65.4 Å². The monoisotopic (exact) mass is 396 g/mol. The van der Waals surface area contributed by atoms with Crippen molar-refractivity contribution in [3.63, 3.8) is 0 Å². The Balaban J connectivity index is 0.000000194. The molecule has 0 spiro atoms. The van der Waals surface area contributed by atoms with Gasteiger partial charge in [-0.2, -0.15) is 0 Å². The number of carbonyl (C=O) groups is 1. The molecule has 5 nitrogen and oxygen atoms in total. The Kier molecular flexibility index (Phi) is 8.90. The van der Waals surface area contributed by atoms with Crippen molar-refractivity contribution >= 4 is 22.5 Å². The van der Waals surface area contributed by atoms with E-state index in [2.05, 4.69) is 53.7 Å². The van der Waals surface area contributed by atoms with Crippen molar-refractivity contribution in [2.45, 2.75) is 34.1 Å². The molecule has 5 heteroatoms. The van der Waals surface area contributed by atoms with Crippen molar-refractivity contribution in [1.82, 2.24) is 4.98 Å². The molecule has 2 heterocycles. The molecule has 0 saturated carbocycles. The molecular weight excluding hydrogens is 362 g/mol. The molecule has 0 bridgehead atoms. The maximum absolute atomic E-state index is 11.0. The molecule has 1 aromatic heterocycles. The highest BCUT2D eigenvalue weighted by molar-refractivity contribution is 5.86. The SMILES string of the molecule is CC.CCc1c(C)[nH]c2ccccc12.[NH3+]C(=O)c1ccc(N2CCOCC2)cc1. The third-order valence-corrected chi connectivity index (χ3v) is 4.95. The quantitative estimate of drug-likeness (QED) is 0.703. The van der Waals surface area contributed by atoms with Crippen LogP contribution in [-0.4, -0.2) is 37.2 Å². The summed E-state index contributed by atoms with van der Waals surface area (Å²) in [5.41, 5.74) is 9.19. The number of morpholine rings is 1. The lowest BCUT2D eigenvalue weighted by molar-refractivity contribution is -0.255. The van der Waals surface area contributed by atoms with Crippen LogP contribution in [0.4, 0.5) is 5.69 Å². The molecule has 29 heavy (non-hydrogen) atoms. The number of H-pyrrole nitrogens is 1. The summed E-state index contributed by atoms with van der Waals surface area (Å²) in [5, 5.41) is 1.37. The third kappa shape index (κ3) is 5.92. The van der Waals surface area contributed by atoms with Crippen LogP contribution in [0.2, 0.25) is 0 Å². The predicted molar refractivity (Wildman–Crippen MR) is 120 cm³/mol. The van der Waals surface area contributed by atoms with Gasteiger partial charge in [0.2, 0.25) is 0 Å². The number of nitrogens with one attached hydrogen (secondary N) is 1. The van der Waals surface area contributed by atoms with Crippen molar-refractivity contribution in [2.24, 2.45) is 0 Å². The van der Waals surface area contributed by atoms with Crippen LogP contribution in [0.5, 0.6) is 0 Å². The minimum Gasteiger partial charge on any atom is -0.378 e. The highest BCUT2D eigenvalue weighted by Gasteiger charge is 2.11. The molecule has 1 fully saturated rings. The molecule has 2 aromatic carbocycles. The predicted octanol–water partition coefficient (Wildman–Crippen LogP) is 3.97. The topological polar surface area (TPSA) is 73.0 Å². The van der Waals surface area contributed by atoms with E-state index >= 15 is 0 Å². The van der Waals surface area contributed by atoms with Crippen LogP contribution in [0, 0.1) is 6.92 Å². The van der Waals surface area contributed by atoms with E-state index in [0.717, 1.165) is 38.4 Å². The second kappa shape index (κ2) is 11.4. The average molecular weight is 397 g/mol. The van der Waals surface area contributed by atoms with Crippen molar-refractivity contribution in [2.75, 3.05) is 31.2 Å². The van der Waals surface area contributed by atoms with Crippen LogP contribution >= 0.6 is 0 Å². The molecule has 0 radical (unpaired) electrons. The molecule has 156 valence electrons. The lowest BCUT2D eigenvalue weighted by Gasteiger charge is -2.28. The van der Waals surface area contributed by atoms with Crippen molar-refractivity contribution in [3.8, 4) is 0 Å². The minimum absolute atomic E-state index is 0.136. The van der Waals surface area contributed by atoms with Gasteiger partial charge in [-0.15, -0.1) is 0 Å². The number of fused-ring (bicyclic) bond motifs is 1. The molecule has 4 N–H and O–H groups in total. The van der Waals surface area contributed by atoms with Gasteiger partial charge in [0, 0.05) is 35.4 Å². The highest BCUT2D eigenvalue weighted by Crippen LogP contribution is 2.21. The number of nitrogens with zero attached hydrogens (tertiary/aromatic N) is 1. The largest absolute Gasteiger partial charge is 0.378 e. The Hall–Kier alpha value is -2.63. The molecule has 3 aromatic rings. The number of aryl methyl sites for hydroxylation is 2. The standard InChI is InChI=1S/C11H14N2O2.C11H13N.C2H6/c12-11(14)9-1-3-10(4-2-9)13-5-7-15-8-6-13;1-3-9-8(2)12-11-7-5-4-6-10(9)11;1-2/h1-4H,5-8H2,(H2,12,14);4-7,12H,3H2,1-2H3;1-2H3/p+1. The van der Waals surface area contributed by atoms with Gasteiger partial charge in [-0.3, -0.25) is 5.73 Å². The van der Waals surface area contributed by atoms with E-state index in [1.54, 1.807) is 0 Å². The number of hydrogen-bond acceptors (Lipinski definition) is 3. The zero-order valence-corrected chi connectivity index (χ0v) is 18.1. The van der Waals surface area contributed by atoms with Crippen LogP contribution in [0.25, 0.3) is 10.9 Å². The molecule has 1 saturated heterocycles. The summed E-state index contributed by atoms with van der Waals surface area (Å²) in [6.45, 7) is 11.7. The van der Waals surface area contributed by atoms with Crippen LogP contribution in [0.3, 0.4) is 0 Å². The Morgan fingerprint density at radius 1 is 1.07 bits per heavy atom. The lowest BCUT2D eigenvalue weighted by Crippen LogP contribution is -2.56. The van der Waals surface area contributed by atoms with E-state index in [0.29, 0.717) is 5.56 Å². The minimum atomic E-state index is -0.136. The molecule has 4 rings (SSSR count). The Bertz CT molecular complexity index is 894. The van der Waals surface area contributed by atoms with Gasteiger partial charge in [0.1, 0.15) is 0 Å². The summed E-state index contributed by atoms with van der Waals surface area (Å²) in [4.78, 5) is 16.6. The van der Waals surface area contributed by atoms with E-state index in [1.807, 2.05) is 38.1 Å².